The predicted molar refractivity (Wildman–Crippen MR) is 85.9 cm³/mol. The maximum Gasteiger partial charge on any atom is 0.231 e. The van der Waals surface area contributed by atoms with Gasteiger partial charge >= 0.3 is 0 Å². The Bertz CT molecular complexity index is 563. The van der Waals surface area contributed by atoms with E-state index in [9.17, 15) is 4.79 Å². The van der Waals surface area contributed by atoms with Crippen LogP contribution >= 0.6 is 0 Å². The summed E-state index contributed by atoms with van der Waals surface area (Å²) in [5.41, 5.74) is 0.782. The van der Waals surface area contributed by atoms with Crippen LogP contribution < -0.4 is 4.90 Å². The van der Waals surface area contributed by atoms with Gasteiger partial charge in [0.1, 0.15) is 5.82 Å². The summed E-state index contributed by atoms with van der Waals surface area (Å²) in [6, 6.07) is 6.08. The van der Waals surface area contributed by atoms with Crippen LogP contribution in [0.5, 0.6) is 0 Å². The molecule has 0 unspecified atom stereocenters. The van der Waals surface area contributed by atoms with Crippen molar-refractivity contribution in [1.29, 1.82) is 0 Å². The second kappa shape index (κ2) is 5.88. The van der Waals surface area contributed by atoms with Crippen LogP contribution in [0.2, 0.25) is 0 Å². The summed E-state index contributed by atoms with van der Waals surface area (Å²) < 4.78 is 5.12. The van der Waals surface area contributed by atoms with Crippen LogP contribution in [0.3, 0.4) is 0 Å². The van der Waals surface area contributed by atoms with Crippen molar-refractivity contribution < 1.29 is 9.53 Å². The molecule has 120 valence electrons. The molecule has 1 aromatic heterocycles. The molecule has 0 bridgehead atoms. The zero-order valence-electron chi connectivity index (χ0n) is 13.7. The lowest BCUT2D eigenvalue weighted by Crippen LogP contribution is -2.40. The fourth-order valence-corrected chi connectivity index (χ4v) is 3.82. The number of carbonyl (C=O) groups is 1. The fourth-order valence-electron chi connectivity index (χ4n) is 3.82. The van der Waals surface area contributed by atoms with Gasteiger partial charge in [-0.05, 0) is 31.4 Å². The molecule has 5 nitrogen and oxygen atoms in total. The molecule has 1 amide bonds. The van der Waals surface area contributed by atoms with Crippen LogP contribution in [0.1, 0.15) is 19.0 Å². The largest absolute Gasteiger partial charge is 0.383 e. The van der Waals surface area contributed by atoms with E-state index < -0.39 is 0 Å². The third-order valence-corrected chi connectivity index (χ3v) is 5.21. The number of amides is 1. The monoisotopic (exact) mass is 303 g/mol. The fraction of sp³-hybridized carbons (Fsp3) is 0.647. The van der Waals surface area contributed by atoms with Gasteiger partial charge in [0.2, 0.25) is 5.91 Å². The topological polar surface area (TPSA) is 45.7 Å². The Balaban J connectivity index is 1.77. The van der Waals surface area contributed by atoms with E-state index in [0.717, 1.165) is 37.6 Å². The van der Waals surface area contributed by atoms with Gasteiger partial charge in [-0.15, -0.1) is 0 Å². The molecule has 0 aliphatic carbocycles. The molecule has 0 saturated carbocycles. The second-order valence-electron chi connectivity index (χ2n) is 6.61. The van der Waals surface area contributed by atoms with Gasteiger partial charge in [0.05, 0.1) is 12.0 Å². The quantitative estimate of drug-likeness (QED) is 0.849. The smallest absolute Gasteiger partial charge is 0.231 e. The Morgan fingerprint density at radius 1 is 1.45 bits per heavy atom. The first-order chi connectivity index (χ1) is 10.6. The molecular weight excluding hydrogens is 278 g/mol. The number of ether oxygens (including phenoxy) is 1. The first kappa shape index (κ1) is 15.3. The van der Waals surface area contributed by atoms with E-state index in [4.69, 9.17) is 4.74 Å². The summed E-state index contributed by atoms with van der Waals surface area (Å²) in [4.78, 5) is 21.8. The number of rotatable bonds is 4. The Morgan fingerprint density at radius 3 is 3.00 bits per heavy atom. The van der Waals surface area contributed by atoms with Crippen molar-refractivity contribution in [2.75, 3.05) is 44.8 Å². The maximum absolute atomic E-state index is 12.9. The number of pyridine rings is 1. The number of hydrogen-bond donors (Lipinski definition) is 0. The van der Waals surface area contributed by atoms with Crippen molar-refractivity contribution in [3.8, 4) is 0 Å². The Morgan fingerprint density at radius 2 is 2.27 bits per heavy atom. The van der Waals surface area contributed by atoms with Crippen molar-refractivity contribution in [1.82, 2.24) is 9.88 Å². The lowest BCUT2D eigenvalue weighted by molar-refractivity contribution is -0.137. The average Bonchev–Trinajstić information content (AvgIpc) is 3.00. The van der Waals surface area contributed by atoms with Gasteiger partial charge in [0.25, 0.3) is 0 Å². The number of anilines is 1. The van der Waals surface area contributed by atoms with Gasteiger partial charge < -0.3 is 14.5 Å². The van der Waals surface area contributed by atoms with Gasteiger partial charge in [-0.25, -0.2) is 4.98 Å². The van der Waals surface area contributed by atoms with E-state index in [1.807, 2.05) is 30.0 Å². The molecule has 5 heteroatoms. The summed E-state index contributed by atoms with van der Waals surface area (Å²) >= 11 is 0. The minimum absolute atomic E-state index is 0.237. The van der Waals surface area contributed by atoms with Crippen LogP contribution in [-0.4, -0.2) is 55.7 Å². The van der Waals surface area contributed by atoms with Crippen LogP contribution in [0.15, 0.2) is 18.2 Å². The van der Waals surface area contributed by atoms with Gasteiger partial charge in [-0.2, -0.15) is 0 Å². The zero-order chi connectivity index (χ0) is 15.7. The minimum Gasteiger partial charge on any atom is -0.383 e. The van der Waals surface area contributed by atoms with E-state index in [1.165, 1.54) is 0 Å². The van der Waals surface area contributed by atoms with Gasteiger partial charge in [-0.3, -0.25) is 4.79 Å². The van der Waals surface area contributed by atoms with Crippen molar-refractivity contribution in [3.63, 3.8) is 0 Å². The van der Waals surface area contributed by atoms with Crippen molar-refractivity contribution in [2.24, 2.45) is 11.3 Å². The first-order valence-electron chi connectivity index (χ1n) is 8.04. The van der Waals surface area contributed by atoms with Crippen LogP contribution in [0, 0.1) is 18.3 Å². The third-order valence-electron chi connectivity index (χ3n) is 5.21. The van der Waals surface area contributed by atoms with Crippen molar-refractivity contribution in [3.05, 3.63) is 23.9 Å². The highest BCUT2D eigenvalue weighted by molar-refractivity contribution is 5.86. The van der Waals surface area contributed by atoms with Gasteiger partial charge in [-0.1, -0.05) is 13.0 Å². The third kappa shape index (κ3) is 2.47. The maximum atomic E-state index is 12.9. The average molecular weight is 303 g/mol. The first-order valence-corrected chi connectivity index (χ1v) is 8.04. The lowest BCUT2D eigenvalue weighted by atomic mass is 9.78. The number of carbonyl (C=O) groups excluding carboxylic acids is 1. The zero-order valence-corrected chi connectivity index (χ0v) is 13.7. The standard InChI is InChI=1S/C17H25N3O2/c1-13-11-20(15-6-4-5-14(2)18-15)12-17(13)7-8-19(16(17)21)9-10-22-3/h4-6,13H,7-12H2,1-3H3/t13-,17-/m0/s1. The van der Waals surface area contributed by atoms with Crippen molar-refractivity contribution >= 4 is 11.7 Å². The highest BCUT2D eigenvalue weighted by Gasteiger charge is 2.55. The molecule has 2 fully saturated rings. The Kier molecular flexibility index (Phi) is 4.08. The number of methoxy groups -OCH3 is 1. The number of hydrogen-bond acceptors (Lipinski definition) is 4. The van der Waals surface area contributed by atoms with Gasteiger partial charge in [0.15, 0.2) is 0 Å². The molecule has 2 aliphatic rings. The Labute approximate surface area is 132 Å². The molecule has 1 spiro atoms. The molecule has 2 saturated heterocycles. The van der Waals surface area contributed by atoms with E-state index in [-0.39, 0.29) is 5.41 Å². The molecule has 2 aliphatic heterocycles. The van der Waals surface area contributed by atoms with Crippen LogP contribution in [-0.2, 0) is 9.53 Å². The number of likely N-dealkylation sites (tertiary alicyclic amines) is 1. The van der Waals surface area contributed by atoms with E-state index >= 15 is 0 Å². The molecule has 1 aromatic rings. The Hall–Kier alpha value is -1.62. The molecule has 0 aromatic carbocycles. The second-order valence-corrected chi connectivity index (χ2v) is 6.61. The van der Waals surface area contributed by atoms with E-state index in [1.54, 1.807) is 7.11 Å². The summed E-state index contributed by atoms with van der Waals surface area (Å²) in [7, 11) is 1.68. The van der Waals surface area contributed by atoms with E-state index in [0.29, 0.717) is 25.0 Å². The molecule has 22 heavy (non-hydrogen) atoms. The number of nitrogens with zero attached hydrogens (tertiary/aromatic N) is 3. The van der Waals surface area contributed by atoms with Gasteiger partial charge in [0, 0.05) is 39.0 Å². The molecule has 0 N–H and O–H groups in total. The molecule has 3 heterocycles. The van der Waals surface area contributed by atoms with Crippen LogP contribution in [0.4, 0.5) is 5.82 Å². The molecule has 3 rings (SSSR count). The summed E-state index contributed by atoms with van der Waals surface area (Å²) in [6.07, 6.45) is 0.943. The number of aromatic nitrogens is 1. The lowest BCUT2D eigenvalue weighted by Gasteiger charge is -2.26. The SMILES string of the molecule is COCCN1CC[C@@]2(CN(c3cccc(C)n3)C[C@@H]2C)C1=O. The molecule has 0 radical (unpaired) electrons. The highest BCUT2D eigenvalue weighted by atomic mass is 16.5. The predicted octanol–water partition coefficient (Wildman–Crippen LogP) is 1.71. The summed E-state index contributed by atoms with van der Waals surface area (Å²) in [5.74, 6) is 1.65. The molecule has 2 atom stereocenters. The van der Waals surface area contributed by atoms with E-state index in [2.05, 4.69) is 16.8 Å². The highest BCUT2D eigenvalue weighted by Crippen LogP contribution is 2.45. The van der Waals surface area contributed by atoms with Crippen LogP contribution in [0.25, 0.3) is 0 Å². The summed E-state index contributed by atoms with van der Waals surface area (Å²) in [5, 5.41) is 0. The summed E-state index contributed by atoms with van der Waals surface area (Å²) in [6.45, 7) is 8.06. The normalized spacial score (nSPS) is 28.1. The molecular formula is C17H25N3O2. The minimum atomic E-state index is -0.237. The van der Waals surface area contributed by atoms with Crippen molar-refractivity contribution in [2.45, 2.75) is 20.3 Å². The number of aryl methyl sites for hydroxylation is 1.